The number of aliphatic carboxylic acids is 1. The number of rotatable bonds is 9. The minimum absolute atomic E-state index is 0.195. The number of hydrogen-bond acceptors (Lipinski definition) is 10. The van der Waals surface area contributed by atoms with Gasteiger partial charge in [-0.2, -0.15) is 0 Å². The molecule has 0 aromatic rings. The second kappa shape index (κ2) is 10.3. The van der Waals surface area contributed by atoms with Crippen LogP contribution in [0.3, 0.4) is 0 Å². The molecule has 0 unspecified atom stereocenters. The van der Waals surface area contributed by atoms with Crippen molar-refractivity contribution in [3.05, 3.63) is 0 Å². The van der Waals surface area contributed by atoms with E-state index >= 15 is 0 Å². The van der Waals surface area contributed by atoms with Gasteiger partial charge in [0.25, 0.3) is 5.79 Å². The zero-order valence-corrected chi connectivity index (χ0v) is 16.5. The summed E-state index contributed by atoms with van der Waals surface area (Å²) in [7, 11) is 0. The molecule has 1 amide bonds. The summed E-state index contributed by atoms with van der Waals surface area (Å²) < 4.78 is 10.1. The first-order chi connectivity index (χ1) is 13.3. The number of hydrogen-bond donors (Lipinski definition) is 7. The molecule has 8 N–H and O–H groups in total. The molecule has 12 heteroatoms. The van der Waals surface area contributed by atoms with Crippen LogP contribution in [-0.4, -0.2) is 86.4 Å². The lowest BCUT2D eigenvalue weighted by molar-refractivity contribution is -0.297. The fourth-order valence-electron chi connectivity index (χ4n) is 2.99. The highest BCUT2D eigenvalue weighted by Gasteiger charge is 2.53. The lowest BCUT2D eigenvalue weighted by atomic mass is 9.83. The van der Waals surface area contributed by atoms with E-state index in [1.54, 1.807) is 13.8 Å². The van der Waals surface area contributed by atoms with E-state index < -0.39 is 79.6 Å². The van der Waals surface area contributed by atoms with Gasteiger partial charge in [-0.05, 0) is 5.92 Å². The highest BCUT2D eigenvalue weighted by atomic mass is 16.7. The Hall–Kier alpha value is -1.83. The number of carbonyl (C=O) groups is 3. The van der Waals surface area contributed by atoms with Crippen molar-refractivity contribution in [3.63, 3.8) is 0 Å². The zero-order chi connectivity index (χ0) is 22.5. The average molecular weight is 422 g/mol. The van der Waals surface area contributed by atoms with Crippen LogP contribution in [0.5, 0.6) is 0 Å². The first-order valence-corrected chi connectivity index (χ1v) is 9.15. The van der Waals surface area contributed by atoms with Crippen molar-refractivity contribution in [2.24, 2.45) is 17.6 Å². The maximum Gasteiger partial charge on any atom is 0.364 e. The number of aliphatic hydroxyl groups excluding tert-OH is 3. The average Bonchev–Trinajstić information content (AvgIpc) is 2.57. The van der Waals surface area contributed by atoms with Crippen LogP contribution in [0.4, 0.5) is 0 Å². The Balaban J connectivity index is 2.89. The normalized spacial score (nSPS) is 30.3. The number of carboxylic acids is 1. The van der Waals surface area contributed by atoms with Crippen LogP contribution in [0.25, 0.3) is 0 Å². The van der Waals surface area contributed by atoms with E-state index in [1.165, 1.54) is 0 Å². The smallest absolute Gasteiger partial charge is 0.364 e. The quantitative estimate of drug-likeness (QED) is 0.150. The van der Waals surface area contributed by atoms with Crippen LogP contribution < -0.4 is 11.1 Å². The minimum atomic E-state index is -2.76. The van der Waals surface area contributed by atoms with Crippen molar-refractivity contribution in [2.45, 2.75) is 70.0 Å². The van der Waals surface area contributed by atoms with Gasteiger partial charge < -0.3 is 46.1 Å². The molecule has 1 heterocycles. The van der Waals surface area contributed by atoms with Crippen LogP contribution in [0.1, 0.15) is 33.6 Å². The van der Waals surface area contributed by atoms with Gasteiger partial charge in [-0.3, -0.25) is 9.59 Å². The predicted octanol–water partition coefficient (Wildman–Crippen LogP) is -2.74. The van der Waals surface area contributed by atoms with Crippen molar-refractivity contribution >= 4 is 17.8 Å². The largest absolute Gasteiger partial charge is 0.477 e. The third-order valence-electron chi connectivity index (χ3n) is 4.67. The molecule has 29 heavy (non-hydrogen) atoms. The Morgan fingerprint density at radius 2 is 1.90 bits per heavy atom. The SMILES string of the molecule is CC(=O)N[C@@H](O)[C@@H]1[C@H](C[C@H](O)COC(=O)[C@@H](N)C(C)C)O[C@](O)(C(=O)O)C[C@@H]1O. The topological polar surface area (TPSA) is 209 Å². The van der Waals surface area contributed by atoms with Crippen molar-refractivity contribution in [1.29, 1.82) is 0 Å². The number of carboxylic acid groups (broad SMARTS) is 1. The van der Waals surface area contributed by atoms with Gasteiger partial charge in [-0.25, -0.2) is 4.79 Å². The third kappa shape index (κ3) is 6.87. The fourth-order valence-corrected chi connectivity index (χ4v) is 2.99. The molecular formula is C17H30N2O10. The van der Waals surface area contributed by atoms with Gasteiger partial charge in [0.1, 0.15) is 18.9 Å². The summed E-state index contributed by atoms with van der Waals surface area (Å²) >= 11 is 0. The number of amides is 1. The molecule has 1 aliphatic rings. The number of ether oxygens (including phenoxy) is 2. The molecule has 1 rings (SSSR count). The molecule has 1 saturated heterocycles. The molecule has 168 valence electrons. The first-order valence-electron chi connectivity index (χ1n) is 9.15. The van der Waals surface area contributed by atoms with Crippen LogP contribution in [-0.2, 0) is 23.9 Å². The summed E-state index contributed by atoms with van der Waals surface area (Å²) in [4.78, 5) is 34.3. The zero-order valence-electron chi connectivity index (χ0n) is 16.5. The van der Waals surface area contributed by atoms with Crippen molar-refractivity contribution in [1.82, 2.24) is 5.32 Å². The molecule has 0 spiro atoms. The van der Waals surface area contributed by atoms with E-state index in [2.05, 4.69) is 5.32 Å². The Kier molecular flexibility index (Phi) is 8.93. The van der Waals surface area contributed by atoms with Crippen molar-refractivity contribution in [3.8, 4) is 0 Å². The molecular weight excluding hydrogens is 392 g/mol. The molecule has 0 radical (unpaired) electrons. The van der Waals surface area contributed by atoms with Crippen LogP contribution >= 0.6 is 0 Å². The lowest BCUT2D eigenvalue weighted by Gasteiger charge is -2.44. The van der Waals surface area contributed by atoms with E-state index in [1.807, 2.05) is 0 Å². The highest BCUT2D eigenvalue weighted by molar-refractivity contribution is 5.76. The monoisotopic (exact) mass is 422 g/mol. The lowest BCUT2D eigenvalue weighted by Crippen LogP contribution is -2.61. The summed E-state index contributed by atoms with van der Waals surface area (Å²) in [6.45, 7) is 4.03. The van der Waals surface area contributed by atoms with Gasteiger partial charge in [0.05, 0.1) is 24.2 Å². The summed E-state index contributed by atoms with van der Waals surface area (Å²) in [5.74, 6) is -7.36. The maximum atomic E-state index is 11.8. The second-order valence-corrected chi connectivity index (χ2v) is 7.53. The molecule has 12 nitrogen and oxygen atoms in total. The van der Waals surface area contributed by atoms with E-state index in [0.717, 1.165) is 6.92 Å². The van der Waals surface area contributed by atoms with Crippen molar-refractivity contribution < 1.29 is 49.4 Å². The summed E-state index contributed by atoms with van der Waals surface area (Å²) in [6.07, 6.45) is -7.20. The molecule has 1 fully saturated rings. The first kappa shape index (κ1) is 25.2. The summed E-state index contributed by atoms with van der Waals surface area (Å²) in [5, 5.41) is 52.0. The van der Waals surface area contributed by atoms with Gasteiger partial charge in [0.15, 0.2) is 0 Å². The molecule has 0 bridgehead atoms. The second-order valence-electron chi connectivity index (χ2n) is 7.53. The Morgan fingerprint density at radius 3 is 2.38 bits per heavy atom. The van der Waals surface area contributed by atoms with Crippen LogP contribution in [0, 0.1) is 11.8 Å². The molecule has 0 saturated carbocycles. The van der Waals surface area contributed by atoms with E-state index in [4.69, 9.17) is 20.3 Å². The fraction of sp³-hybridized carbons (Fsp3) is 0.824. The summed E-state index contributed by atoms with van der Waals surface area (Å²) in [6, 6.07) is -0.901. The maximum absolute atomic E-state index is 11.8. The Morgan fingerprint density at radius 1 is 1.31 bits per heavy atom. The van der Waals surface area contributed by atoms with Gasteiger partial charge in [0.2, 0.25) is 5.91 Å². The van der Waals surface area contributed by atoms with E-state index in [0.29, 0.717) is 0 Å². The molecule has 0 aromatic carbocycles. The number of carbonyl (C=O) groups excluding carboxylic acids is 2. The predicted molar refractivity (Wildman–Crippen MR) is 95.8 cm³/mol. The van der Waals surface area contributed by atoms with Gasteiger partial charge in [-0.1, -0.05) is 13.8 Å². The molecule has 0 aromatic heterocycles. The summed E-state index contributed by atoms with van der Waals surface area (Å²) in [5.41, 5.74) is 5.64. The van der Waals surface area contributed by atoms with Crippen LogP contribution in [0.2, 0.25) is 0 Å². The van der Waals surface area contributed by atoms with Gasteiger partial charge in [-0.15, -0.1) is 0 Å². The minimum Gasteiger partial charge on any atom is -0.477 e. The highest BCUT2D eigenvalue weighted by Crippen LogP contribution is 2.35. The third-order valence-corrected chi connectivity index (χ3v) is 4.67. The Bertz CT molecular complexity index is 601. The standard InChI is InChI=1S/C17H30N2O10/c1-7(2)13(18)15(24)28-6-9(21)4-11-12(14(23)19-8(3)20)10(22)5-17(27,29-11)16(25)26/h7,9-14,21-23,27H,4-6,18H2,1-3H3,(H,19,20)(H,25,26)/t9-,10-,11-,12-,13-,14-,17-/m0/s1. The van der Waals surface area contributed by atoms with E-state index in [9.17, 15) is 34.8 Å². The van der Waals surface area contributed by atoms with Gasteiger partial charge >= 0.3 is 11.9 Å². The van der Waals surface area contributed by atoms with E-state index in [-0.39, 0.29) is 5.92 Å². The van der Waals surface area contributed by atoms with Crippen LogP contribution in [0.15, 0.2) is 0 Å². The number of nitrogens with one attached hydrogen (secondary N) is 1. The number of nitrogens with two attached hydrogens (primary N) is 1. The molecule has 0 aliphatic carbocycles. The molecule has 7 atom stereocenters. The molecule has 1 aliphatic heterocycles. The van der Waals surface area contributed by atoms with Gasteiger partial charge in [0, 0.05) is 19.8 Å². The Labute approximate surface area is 167 Å². The number of esters is 1. The number of aliphatic hydroxyl groups is 4. The van der Waals surface area contributed by atoms with Crippen molar-refractivity contribution in [2.75, 3.05) is 6.61 Å².